The monoisotopic (exact) mass is 528 g/mol. The molecule has 0 radical (unpaired) electrons. The molecule has 0 aliphatic carbocycles. The van der Waals surface area contributed by atoms with Gasteiger partial charge in [0.15, 0.2) is 11.5 Å². The van der Waals surface area contributed by atoms with Gasteiger partial charge >= 0.3 is 0 Å². The summed E-state index contributed by atoms with van der Waals surface area (Å²) in [6.07, 6.45) is 0.823. The maximum atomic E-state index is 6.46. The molecule has 0 saturated carbocycles. The van der Waals surface area contributed by atoms with Gasteiger partial charge in [-0.05, 0) is 97.3 Å². The molecule has 1 aliphatic heterocycles. The van der Waals surface area contributed by atoms with Crippen LogP contribution in [0, 0.1) is 6.92 Å². The van der Waals surface area contributed by atoms with E-state index in [2.05, 4.69) is 144 Å². The average Bonchev–Trinajstić information content (AvgIpc) is 3.33. The van der Waals surface area contributed by atoms with Crippen LogP contribution in [0.1, 0.15) is 16.7 Å². The number of hydrogen-bond acceptors (Lipinski definition) is 2. The molecule has 3 nitrogen and oxygen atoms in total. The van der Waals surface area contributed by atoms with Gasteiger partial charge in [0.25, 0.3) is 0 Å². The van der Waals surface area contributed by atoms with Crippen LogP contribution in [0.5, 0.6) is 11.5 Å². The largest absolute Gasteiger partial charge is 0.453 e. The van der Waals surface area contributed by atoms with E-state index in [-0.39, 0.29) is 0 Å². The van der Waals surface area contributed by atoms with Crippen molar-refractivity contribution in [3.05, 3.63) is 156 Å². The molecule has 6 aromatic carbocycles. The smallest absolute Gasteiger partial charge is 0.151 e. The Morgan fingerprint density at radius 3 is 1.93 bits per heavy atom. The van der Waals surface area contributed by atoms with Crippen molar-refractivity contribution in [3.63, 3.8) is 0 Å². The molecule has 0 N–H and O–H groups in total. The first-order valence-corrected chi connectivity index (χ1v) is 14.1. The minimum absolute atomic E-state index is 0.823. The van der Waals surface area contributed by atoms with Crippen molar-refractivity contribution >= 4 is 38.9 Å². The third kappa shape index (κ3) is 3.97. The Morgan fingerprint density at radius 2 is 1.12 bits per heavy atom. The maximum absolute atomic E-state index is 6.46. The number of hydrogen-bond donors (Lipinski definition) is 0. The van der Waals surface area contributed by atoms with Crippen LogP contribution in [-0.4, -0.2) is 4.57 Å². The highest BCUT2D eigenvalue weighted by atomic mass is 16.5. The predicted molar refractivity (Wildman–Crippen MR) is 170 cm³/mol. The molecular formula is C38H28N2O. The highest BCUT2D eigenvalue weighted by Gasteiger charge is 2.25. The van der Waals surface area contributed by atoms with Crippen molar-refractivity contribution in [1.29, 1.82) is 0 Å². The molecule has 0 atom stereocenters. The standard InChI is InChI=1S/C38H28N2O/c1-26-16-19-33-31(22-26)32-24-27(17-20-34(32)39(33)29-10-4-2-5-11-29)23-28-18-21-36-38(25-28)41-37-15-9-8-14-35(37)40(36)30-12-6-3-7-13-30/h2-22,24-25H,23H2,1H3. The quantitative estimate of drug-likeness (QED) is 0.226. The summed E-state index contributed by atoms with van der Waals surface area (Å²) in [7, 11) is 0. The maximum Gasteiger partial charge on any atom is 0.151 e. The second-order valence-corrected chi connectivity index (χ2v) is 10.8. The van der Waals surface area contributed by atoms with E-state index < -0.39 is 0 Å². The van der Waals surface area contributed by atoms with Gasteiger partial charge in [0.2, 0.25) is 0 Å². The molecule has 196 valence electrons. The molecule has 41 heavy (non-hydrogen) atoms. The Labute approximate surface area is 239 Å². The summed E-state index contributed by atoms with van der Waals surface area (Å²) in [5, 5.41) is 2.57. The van der Waals surface area contributed by atoms with Crippen molar-refractivity contribution in [3.8, 4) is 17.2 Å². The fraction of sp³-hybridized carbons (Fsp3) is 0.0526. The van der Waals surface area contributed by atoms with Crippen molar-refractivity contribution < 1.29 is 4.74 Å². The lowest BCUT2D eigenvalue weighted by molar-refractivity contribution is 0.476. The van der Waals surface area contributed by atoms with E-state index in [1.54, 1.807) is 0 Å². The van der Waals surface area contributed by atoms with Gasteiger partial charge in [0, 0.05) is 22.1 Å². The predicted octanol–water partition coefficient (Wildman–Crippen LogP) is 10.3. The number of aryl methyl sites for hydroxylation is 1. The zero-order valence-electron chi connectivity index (χ0n) is 22.8. The van der Waals surface area contributed by atoms with Crippen molar-refractivity contribution in [2.75, 3.05) is 4.90 Å². The molecule has 8 rings (SSSR count). The van der Waals surface area contributed by atoms with Crippen LogP contribution < -0.4 is 9.64 Å². The molecule has 0 amide bonds. The lowest BCUT2D eigenvalue weighted by Gasteiger charge is -2.33. The summed E-state index contributed by atoms with van der Waals surface area (Å²) in [5.74, 6) is 1.74. The Morgan fingerprint density at radius 1 is 0.512 bits per heavy atom. The zero-order valence-corrected chi connectivity index (χ0v) is 22.8. The summed E-state index contributed by atoms with van der Waals surface area (Å²) >= 11 is 0. The topological polar surface area (TPSA) is 17.4 Å². The highest BCUT2D eigenvalue weighted by molar-refractivity contribution is 6.09. The lowest BCUT2D eigenvalue weighted by Crippen LogP contribution is -2.15. The first-order valence-electron chi connectivity index (χ1n) is 14.1. The summed E-state index contributed by atoms with van der Waals surface area (Å²) in [4.78, 5) is 2.28. The Hall–Kier alpha value is -5.28. The van der Waals surface area contributed by atoms with E-state index >= 15 is 0 Å². The van der Waals surface area contributed by atoms with Crippen LogP contribution >= 0.6 is 0 Å². The van der Waals surface area contributed by atoms with E-state index in [9.17, 15) is 0 Å². The Kier molecular flexibility index (Phi) is 5.42. The number of benzene rings is 6. The lowest BCUT2D eigenvalue weighted by atomic mass is 10.0. The molecular weight excluding hydrogens is 500 g/mol. The molecule has 7 aromatic rings. The summed E-state index contributed by atoms with van der Waals surface area (Å²) < 4.78 is 8.83. The van der Waals surface area contributed by atoms with Crippen molar-refractivity contribution in [1.82, 2.24) is 4.57 Å². The molecule has 0 fully saturated rings. The number of fused-ring (bicyclic) bond motifs is 5. The second kappa shape index (κ2) is 9.42. The van der Waals surface area contributed by atoms with E-state index in [0.717, 1.165) is 35.0 Å². The van der Waals surface area contributed by atoms with E-state index in [0.29, 0.717) is 0 Å². The van der Waals surface area contributed by atoms with Gasteiger partial charge in [-0.2, -0.15) is 0 Å². The SMILES string of the molecule is Cc1ccc2c(c1)c1cc(Cc3ccc4c(c3)Oc3ccccc3N4c3ccccc3)ccc1n2-c1ccccc1. The normalized spacial score (nSPS) is 12.3. The summed E-state index contributed by atoms with van der Waals surface area (Å²) in [6.45, 7) is 2.17. The van der Waals surface area contributed by atoms with Gasteiger partial charge in [-0.1, -0.05) is 72.3 Å². The van der Waals surface area contributed by atoms with Crippen LogP contribution in [-0.2, 0) is 6.42 Å². The van der Waals surface area contributed by atoms with Gasteiger partial charge in [-0.15, -0.1) is 0 Å². The molecule has 3 heteroatoms. The van der Waals surface area contributed by atoms with E-state index in [1.807, 2.05) is 12.1 Å². The zero-order chi connectivity index (χ0) is 27.3. The minimum Gasteiger partial charge on any atom is -0.453 e. The Bertz CT molecular complexity index is 2060. The summed E-state index contributed by atoms with van der Waals surface area (Å²) in [6, 6.07) is 49.6. The third-order valence-electron chi connectivity index (χ3n) is 8.01. The van der Waals surface area contributed by atoms with E-state index in [4.69, 9.17) is 4.74 Å². The molecule has 0 unspecified atom stereocenters. The van der Waals surface area contributed by atoms with Gasteiger partial charge in [-0.25, -0.2) is 0 Å². The molecule has 1 aromatic heterocycles. The molecule has 2 heterocycles. The van der Waals surface area contributed by atoms with E-state index in [1.165, 1.54) is 44.2 Å². The number of nitrogens with zero attached hydrogens (tertiary/aromatic N) is 2. The fourth-order valence-corrected chi connectivity index (χ4v) is 6.15. The second-order valence-electron chi connectivity index (χ2n) is 10.8. The van der Waals surface area contributed by atoms with Gasteiger partial charge in [0.1, 0.15) is 0 Å². The van der Waals surface area contributed by atoms with Gasteiger partial charge in [0.05, 0.1) is 22.4 Å². The highest BCUT2D eigenvalue weighted by Crippen LogP contribution is 2.50. The van der Waals surface area contributed by atoms with Crippen LogP contribution in [0.25, 0.3) is 27.5 Å². The molecule has 1 aliphatic rings. The van der Waals surface area contributed by atoms with Crippen molar-refractivity contribution in [2.24, 2.45) is 0 Å². The number of ether oxygens (including phenoxy) is 1. The van der Waals surface area contributed by atoms with Gasteiger partial charge < -0.3 is 14.2 Å². The Balaban J connectivity index is 1.21. The number of para-hydroxylation sites is 4. The summed E-state index contributed by atoms with van der Waals surface area (Å²) in [5.41, 5.74) is 10.6. The van der Waals surface area contributed by atoms with Crippen LogP contribution in [0.3, 0.4) is 0 Å². The third-order valence-corrected chi connectivity index (χ3v) is 8.01. The number of anilines is 3. The molecule has 0 saturated heterocycles. The van der Waals surface area contributed by atoms with Gasteiger partial charge in [-0.3, -0.25) is 0 Å². The minimum atomic E-state index is 0.823. The fourth-order valence-electron chi connectivity index (χ4n) is 6.15. The number of rotatable bonds is 4. The first-order chi connectivity index (χ1) is 20.2. The van der Waals surface area contributed by atoms with Crippen molar-refractivity contribution in [2.45, 2.75) is 13.3 Å². The molecule has 0 spiro atoms. The average molecular weight is 529 g/mol. The van der Waals surface area contributed by atoms with Crippen LogP contribution in [0.15, 0.2) is 140 Å². The molecule has 0 bridgehead atoms. The first kappa shape index (κ1) is 23.6. The van der Waals surface area contributed by atoms with Crippen LogP contribution in [0.2, 0.25) is 0 Å². The van der Waals surface area contributed by atoms with Crippen LogP contribution in [0.4, 0.5) is 17.1 Å². The number of aromatic nitrogens is 1.